The van der Waals surface area contributed by atoms with E-state index in [0.717, 1.165) is 5.56 Å². The Balaban J connectivity index is 1.90. The maximum atomic E-state index is 12.2. The van der Waals surface area contributed by atoms with Crippen molar-refractivity contribution in [2.75, 3.05) is 21.3 Å². The topological polar surface area (TPSA) is 54.0 Å². The van der Waals surface area contributed by atoms with E-state index in [1.807, 2.05) is 44.2 Å². The van der Waals surface area contributed by atoms with E-state index in [1.165, 1.54) is 21.3 Å². The van der Waals surface area contributed by atoms with Crippen molar-refractivity contribution in [3.63, 3.8) is 0 Å². The van der Waals surface area contributed by atoms with Gasteiger partial charge in [-0.1, -0.05) is 54.0 Å². The van der Waals surface area contributed by atoms with Crippen LogP contribution in [0.1, 0.15) is 32.3 Å². The van der Waals surface area contributed by atoms with E-state index in [1.54, 1.807) is 0 Å². The number of carbonyl (C=O) groups is 1. The Hall–Kier alpha value is -2.73. The van der Waals surface area contributed by atoms with Crippen LogP contribution in [0.2, 0.25) is 0 Å². The van der Waals surface area contributed by atoms with Crippen molar-refractivity contribution in [1.29, 1.82) is 0 Å². The smallest absolute Gasteiger partial charge is 0.256 e. The number of ether oxygens (including phenoxy) is 4. The lowest BCUT2D eigenvalue weighted by Gasteiger charge is -2.35. The lowest BCUT2D eigenvalue weighted by Crippen LogP contribution is -2.52. The number of benzene rings is 1. The second-order valence-electron chi connectivity index (χ2n) is 6.67. The number of rotatable bonds is 7. The molecule has 0 saturated heterocycles. The highest BCUT2D eigenvalue weighted by molar-refractivity contribution is 6.12. The maximum absolute atomic E-state index is 12.2. The van der Waals surface area contributed by atoms with Crippen molar-refractivity contribution in [2.24, 2.45) is 0 Å². The van der Waals surface area contributed by atoms with Crippen LogP contribution in [0.5, 0.6) is 0 Å². The van der Waals surface area contributed by atoms with Crippen LogP contribution in [0.4, 0.5) is 0 Å². The molecule has 0 N–H and O–H groups in total. The van der Waals surface area contributed by atoms with E-state index >= 15 is 0 Å². The Labute approximate surface area is 167 Å². The average molecular weight is 382 g/mol. The number of unbranched alkanes of at least 4 members (excludes halogenated alkanes) is 1. The Morgan fingerprint density at radius 2 is 1.68 bits per heavy atom. The summed E-state index contributed by atoms with van der Waals surface area (Å²) in [6, 6.07) is 9.97. The van der Waals surface area contributed by atoms with Gasteiger partial charge in [-0.05, 0) is 19.4 Å². The van der Waals surface area contributed by atoms with Crippen molar-refractivity contribution in [3.05, 3.63) is 47.4 Å². The van der Waals surface area contributed by atoms with E-state index in [4.69, 9.17) is 18.9 Å². The second-order valence-corrected chi connectivity index (χ2v) is 6.67. The van der Waals surface area contributed by atoms with Crippen LogP contribution in [0, 0.1) is 23.7 Å². The van der Waals surface area contributed by atoms with E-state index in [2.05, 4.69) is 23.7 Å². The summed E-state index contributed by atoms with van der Waals surface area (Å²) in [5.41, 5.74) is -0.818. The lowest BCUT2D eigenvalue weighted by molar-refractivity contribution is -0.142. The fourth-order valence-corrected chi connectivity index (χ4v) is 2.70. The summed E-state index contributed by atoms with van der Waals surface area (Å²) in [5.74, 6) is 12.1. The van der Waals surface area contributed by atoms with Gasteiger partial charge in [0.2, 0.25) is 5.76 Å². The molecular weight excluding hydrogens is 356 g/mol. The third kappa shape index (κ3) is 4.75. The van der Waals surface area contributed by atoms with Gasteiger partial charge in [-0.2, -0.15) is 0 Å². The van der Waals surface area contributed by atoms with Crippen LogP contribution in [-0.4, -0.2) is 38.3 Å². The highest BCUT2D eigenvalue weighted by atomic mass is 16.6. The molecule has 1 aromatic carbocycles. The van der Waals surface area contributed by atoms with Gasteiger partial charge in [0.15, 0.2) is 5.76 Å². The molecule has 0 aliphatic heterocycles. The van der Waals surface area contributed by atoms with E-state index in [9.17, 15) is 4.79 Å². The van der Waals surface area contributed by atoms with Crippen LogP contribution >= 0.6 is 0 Å². The van der Waals surface area contributed by atoms with Crippen LogP contribution in [0.15, 0.2) is 41.9 Å². The molecule has 0 saturated carbocycles. The highest BCUT2D eigenvalue weighted by Gasteiger charge is 2.57. The van der Waals surface area contributed by atoms with Gasteiger partial charge in [0.25, 0.3) is 11.4 Å². The summed E-state index contributed by atoms with van der Waals surface area (Å²) in [6.07, 6.45) is 1.06. The summed E-state index contributed by atoms with van der Waals surface area (Å²) in [7, 11) is 4.29. The first-order chi connectivity index (χ1) is 13.4. The van der Waals surface area contributed by atoms with Gasteiger partial charge in [-0.3, -0.25) is 4.79 Å². The van der Waals surface area contributed by atoms with Gasteiger partial charge in [-0.25, -0.2) is 0 Å². The Kier molecular flexibility index (Phi) is 7.29. The normalized spacial score (nSPS) is 18.4. The minimum absolute atomic E-state index is 0.149. The number of hydrogen-bond acceptors (Lipinski definition) is 5. The Morgan fingerprint density at radius 3 is 2.29 bits per heavy atom. The quantitative estimate of drug-likeness (QED) is 0.535. The van der Waals surface area contributed by atoms with Gasteiger partial charge in [0.1, 0.15) is 5.60 Å². The second kappa shape index (κ2) is 9.46. The van der Waals surface area contributed by atoms with E-state index in [-0.39, 0.29) is 11.5 Å². The summed E-state index contributed by atoms with van der Waals surface area (Å²) in [6.45, 7) is 4.38. The molecule has 28 heavy (non-hydrogen) atoms. The zero-order valence-electron chi connectivity index (χ0n) is 17.0. The molecule has 1 aromatic rings. The van der Waals surface area contributed by atoms with Crippen molar-refractivity contribution in [1.82, 2.24) is 0 Å². The van der Waals surface area contributed by atoms with Gasteiger partial charge in [-0.15, -0.1) is 0 Å². The molecule has 1 aliphatic carbocycles. The number of hydrogen-bond donors (Lipinski definition) is 0. The molecule has 0 radical (unpaired) electrons. The first kappa shape index (κ1) is 21.6. The number of Topliss-reactive ketones (excluding diaryl/α,β-unsaturated/α-hetero) is 1. The molecule has 5 nitrogen and oxygen atoms in total. The van der Waals surface area contributed by atoms with Crippen LogP contribution < -0.4 is 0 Å². The molecule has 0 spiro atoms. The first-order valence-electron chi connectivity index (χ1n) is 9.01. The molecule has 148 valence electrons. The third-order valence-corrected chi connectivity index (χ3v) is 4.24. The fraction of sp³-hybridized carbons (Fsp3) is 0.435. The largest absolute Gasteiger partial charge is 0.493 e. The van der Waals surface area contributed by atoms with Gasteiger partial charge in [0.05, 0.1) is 20.8 Å². The predicted molar refractivity (Wildman–Crippen MR) is 106 cm³/mol. The molecule has 0 bridgehead atoms. The molecule has 1 atom stereocenters. The fourth-order valence-electron chi connectivity index (χ4n) is 2.70. The number of methoxy groups -OCH3 is 3. The molecule has 1 aliphatic rings. The standard InChI is InChI=1S/C23H26O5/c1-22(2,28-17-18-13-9-8-10-14-18)15-11-6-7-12-16-23(27-5)20(24)19(25-3)21(23)26-4/h8-10,13-14H,6-7,17H2,1-5H3. The summed E-state index contributed by atoms with van der Waals surface area (Å²) in [5, 5.41) is 0. The SMILES string of the molecule is COC1=C(OC)C(C#CCCC#CC(C)(C)OCc2ccccc2)(OC)C1=O. The summed E-state index contributed by atoms with van der Waals surface area (Å²) < 4.78 is 21.4. The molecule has 1 unspecified atom stereocenters. The summed E-state index contributed by atoms with van der Waals surface area (Å²) >= 11 is 0. The molecular formula is C23H26O5. The minimum atomic E-state index is -1.37. The summed E-state index contributed by atoms with van der Waals surface area (Å²) in [4.78, 5) is 12.2. The van der Waals surface area contributed by atoms with Crippen molar-refractivity contribution in [2.45, 2.75) is 44.5 Å². The van der Waals surface area contributed by atoms with Crippen LogP contribution in [0.3, 0.4) is 0 Å². The molecule has 2 rings (SSSR count). The minimum Gasteiger partial charge on any atom is -0.493 e. The number of carbonyl (C=O) groups excluding carboxylic acids is 1. The monoisotopic (exact) mass is 382 g/mol. The van der Waals surface area contributed by atoms with Crippen molar-refractivity contribution in [3.8, 4) is 23.7 Å². The van der Waals surface area contributed by atoms with E-state index in [0.29, 0.717) is 25.2 Å². The van der Waals surface area contributed by atoms with Crippen molar-refractivity contribution >= 4 is 5.78 Å². The molecule has 5 heteroatoms. The third-order valence-electron chi connectivity index (χ3n) is 4.24. The average Bonchev–Trinajstić information content (AvgIpc) is 2.70. The zero-order valence-corrected chi connectivity index (χ0v) is 17.0. The zero-order chi connectivity index (χ0) is 20.6. The molecule has 0 aromatic heterocycles. The van der Waals surface area contributed by atoms with Crippen molar-refractivity contribution < 1.29 is 23.7 Å². The molecule has 0 heterocycles. The highest BCUT2D eigenvalue weighted by Crippen LogP contribution is 2.38. The first-order valence-corrected chi connectivity index (χ1v) is 9.01. The Morgan fingerprint density at radius 1 is 1.00 bits per heavy atom. The van der Waals surface area contributed by atoms with Gasteiger partial charge < -0.3 is 18.9 Å². The van der Waals surface area contributed by atoms with Crippen LogP contribution in [-0.2, 0) is 30.3 Å². The van der Waals surface area contributed by atoms with Gasteiger partial charge >= 0.3 is 0 Å². The number of ketones is 1. The molecule has 0 amide bonds. The molecule has 0 fully saturated rings. The van der Waals surface area contributed by atoms with E-state index < -0.39 is 11.2 Å². The van der Waals surface area contributed by atoms with Crippen LogP contribution in [0.25, 0.3) is 0 Å². The maximum Gasteiger partial charge on any atom is 0.256 e. The predicted octanol–water partition coefficient (Wildman–Crippen LogP) is 3.24. The Bertz CT molecular complexity index is 846. The van der Waals surface area contributed by atoms with Gasteiger partial charge in [0, 0.05) is 20.0 Å². The lowest BCUT2D eigenvalue weighted by atomic mass is 9.83.